The van der Waals surface area contributed by atoms with Crippen LogP contribution in [0.2, 0.25) is 0 Å². The standard InChI is InChI=1S/C9H21N3O/c1-5-12(4)9(13)11-8(6-10)7(2)3/h7-8H,5-6,10H2,1-4H3,(H,11,13). The molecule has 0 fully saturated rings. The number of rotatable bonds is 4. The van der Waals surface area contributed by atoms with Gasteiger partial charge in [0, 0.05) is 26.2 Å². The number of nitrogens with two attached hydrogens (primary N) is 1. The Balaban J connectivity index is 4.01. The van der Waals surface area contributed by atoms with Crippen molar-refractivity contribution in [3.63, 3.8) is 0 Å². The van der Waals surface area contributed by atoms with Crippen molar-refractivity contribution in [1.29, 1.82) is 0 Å². The SMILES string of the molecule is CCN(C)C(=O)NC(CN)C(C)C. The second-order valence-electron chi connectivity index (χ2n) is 3.55. The Labute approximate surface area is 80.5 Å². The van der Waals surface area contributed by atoms with Crippen LogP contribution >= 0.6 is 0 Å². The van der Waals surface area contributed by atoms with Crippen molar-refractivity contribution in [2.45, 2.75) is 26.8 Å². The highest BCUT2D eigenvalue weighted by Gasteiger charge is 2.15. The number of nitrogens with one attached hydrogen (secondary N) is 1. The zero-order valence-electron chi connectivity index (χ0n) is 9.00. The summed E-state index contributed by atoms with van der Waals surface area (Å²) in [6.07, 6.45) is 0. The van der Waals surface area contributed by atoms with E-state index in [1.54, 1.807) is 11.9 Å². The van der Waals surface area contributed by atoms with E-state index in [1.165, 1.54) is 0 Å². The van der Waals surface area contributed by atoms with Gasteiger partial charge in [0.05, 0.1) is 0 Å². The summed E-state index contributed by atoms with van der Waals surface area (Å²) in [5.41, 5.74) is 5.53. The lowest BCUT2D eigenvalue weighted by Crippen LogP contribution is -2.48. The molecule has 0 aromatic rings. The molecule has 13 heavy (non-hydrogen) atoms. The number of carbonyl (C=O) groups is 1. The maximum Gasteiger partial charge on any atom is 0.317 e. The largest absolute Gasteiger partial charge is 0.334 e. The smallest absolute Gasteiger partial charge is 0.317 e. The van der Waals surface area contributed by atoms with Crippen LogP contribution in [0.3, 0.4) is 0 Å². The Morgan fingerprint density at radius 2 is 2.08 bits per heavy atom. The zero-order valence-corrected chi connectivity index (χ0v) is 9.00. The normalized spacial score (nSPS) is 12.8. The molecule has 4 heteroatoms. The summed E-state index contributed by atoms with van der Waals surface area (Å²) < 4.78 is 0. The Morgan fingerprint density at radius 3 is 2.38 bits per heavy atom. The minimum absolute atomic E-state index is 0.0494. The first kappa shape index (κ1) is 12.2. The van der Waals surface area contributed by atoms with Gasteiger partial charge in [-0.05, 0) is 12.8 Å². The van der Waals surface area contributed by atoms with Gasteiger partial charge in [-0.2, -0.15) is 0 Å². The molecule has 0 aromatic carbocycles. The van der Waals surface area contributed by atoms with Crippen LogP contribution in [0.5, 0.6) is 0 Å². The molecule has 4 nitrogen and oxygen atoms in total. The van der Waals surface area contributed by atoms with Gasteiger partial charge in [0.2, 0.25) is 0 Å². The number of hydrogen-bond acceptors (Lipinski definition) is 2. The summed E-state index contributed by atoms with van der Waals surface area (Å²) in [6.45, 7) is 7.22. The van der Waals surface area contributed by atoms with E-state index in [0.29, 0.717) is 19.0 Å². The lowest BCUT2D eigenvalue weighted by molar-refractivity contribution is 0.203. The van der Waals surface area contributed by atoms with Crippen molar-refractivity contribution >= 4 is 6.03 Å². The van der Waals surface area contributed by atoms with Crippen molar-refractivity contribution in [2.24, 2.45) is 11.7 Å². The average molecular weight is 187 g/mol. The number of urea groups is 1. The van der Waals surface area contributed by atoms with Gasteiger partial charge in [0.25, 0.3) is 0 Å². The van der Waals surface area contributed by atoms with Gasteiger partial charge in [-0.1, -0.05) is 13.8 Å². The van der Waals surface area contributed by atoms with Gasteiger partial charge in [-0.25, -0.2) is 4.79 Å². The molecule has 0 saturated heterocycles. The molecule has 1 unspecified atom stereocenters. The van der Waals surface area contributed by atoms with Gasteiger partial charge < -0.3 is 16.0 Å². The van der Waals surface area contributed by atoms with Crippen LogP contribution in [-0.4, -0.2) is 37.1 Å². The van der Waals surface area contributed by atoms with E-state index in [4.69, 9.17) is 5.73 Å². The highest BCUT2D eigenvalue weighted by atomic mass is 16.2. The monoisotopic (exact) mass is 187 g/mol. The molecule has 0 bridgehead atoms. The summed E-state index contributed by atoms with van der Waals surface area (Å²) in [7, 11) is 1.77. The molecule has 0 aliphatic carbocycles. The van der Waals surface area contributed by atoms with Crippen LogP contribution in [0, 0.1) is 5.92 Å². The third kappa shape index (κ3) is 4.12. The van der Waals surface area contributed by atoms with Crippen molar-refractivity contribution in [2.75, 3.05) is 20.1 Å². The van der Waals surface area contributed by atoms with Gasteiger partial charge >= 0.3 is 6.03 Å². The Hall–Kier alpha value is -0.770. The highest BCUT2D eigenvalue weighted by molar-refractivity contribution is 5.74. The third-order valence-corrected chi connectivity index (χ3v) is 2.19. The van der Waals surface area contributed by atoms with E-state index in [9.17, 15) is 4.79 Å². The minimum atomic E-state index is -0.0494. The van der Waals surface area contributed by atoms with Crippen LogP contribution in [-0.2, 0) is 0 Å². The molecule has 0 spiro atoms. The maximum atomic E-state index is 11.4. The quantitative estimate of drug-likeness (QED) is 0.678. The minimum Gasteiger partial charge on any atom is -0.334 e. The van der Waals surface area contributed by atoms with Crippen molar-refractivity contribution < 1.29 is 4.79 Å². The molecule has 0 aliphatic heterocycles. The first-order valence-corrected chi connectivity index (χ1v) is 4.74. The van der Waals surface area contributed by atoms with Crippen LogP contribution in [0.4, 0.5) is 4.79 Å². The maximum absolute atomic E-state index is 11.4. The molecule has 0 aliphatic rings. The Kier molecular flexibility index (Phi) is 5.46. The van der Waals surface area contributed by atoms with Crippen LogP contribution in [0.25, 0.3) is 0 Å². The lowest BCUT2D eigenvalue weighted by Gasteiger charge is -2.24. The topological polar surface area (TPSA) is 58.4 Å². The van der Waals surface area contributed by atoms with Crippen molar-refractivity contribution in [3.8, 4) is 0 Å². The van der Waals surface area contributed by atoms with Crippen LogP contribution in [0.1, 0.15) is 20.8 Å². The molecule has 3 N–H and O–H groups in total. The van der Waals surface area contributed by atoms with E-state index in [1.807, 2.05) is 20.8 Å². The van der Waals surface area contributed by atoms with Crippen molar-refractivity contribution in [3.05, 3.63) is 0 Å². The van der Waals surface area contributed by atoms with E-state index in [0.717, 1.165) is 0 Å². The summed E-state index contributed by atoms with van der Waals surface area (Å²) in [6, 6.07) is 0.0214. The molecule has 0 aromatic heterocycles. The first-order chi connectivity index (χ1) is 6.02. The second kappa shape index (κ2) is 5.80. The Morgan fingerprint density at radius 1 is 1.54 bits per heavy atom. The molecular formula is C9H21N3O. The molecule has 2 amide bonds. The summed E-state index contributed by atoms with van der Waals surface area (Å²) >= 11 is 0. The van der Waals surface area contributed by atoms with E-state index in [2.05, 4.69) is 5.32 Å². The second-order valence-corrected chi connectivity index (χ2v) is 3.55. The molecule has 1 atom stereocenters. The molecule has 0 heterocycles. The molecular weight excluding hydrogens is 166 g/mol. The van der Waals surface area contributed by atoms with E-state index < -0.39 is 0 Å². The number of carbonyl (C=O) groups excluding carboxylic acids is 1. The Bertz CT molecular complexity index is 159. The summed E-state index contributed by atoms with van der Waals surface area (Å²) in [4.78, 5) is 13.0. The summed E-state index contributed by atoms with van der Waals surface area (Å²) in [5, 5.41) is 2.88. The van der Waals surface area contributed by atoms with Crippen LogP contribution in [0.15, 0.2) is 0 Å². The van der Waals surface area contributed by atoms with Gasteiger partial charge in [0.15, 0.2) is 0 Å². The van der Waals surface area contributed by atoms with Gasteiger partial charge in [-0.3, -0.25) is 0 Å². The lowest BCUT2D eigenvalue weighted by atomic mass is 10.1. The zero-order chi connectivity index (χ0) is 10.4. The molecule has 0 saturated carbocycles. The van der Waals surface area contributed by atoms with E-state index in [-0.39, 0.29) is 12.1 Å². The summed E-state index contributed by atoms with van der Waals surface area (Å²) in [5.74, 6) is 0.374. The van der Waals surface area contributed by atoms with Crippen molar-refractivity contribution in [1.82, 2.24) is 10.2 Å². The molecule has 0 radical (unpaired) electrons. The van der Waals surface area contributed by atoms with E-state index >= 15 is 0 Å². The van der Waals surface area contributed by atoms with Gasteiger partial charge in [0.1, 0.15) is 0 Å². The molecule has 78 valence electrons. The third-order valence-electron chi connectivity index (χ3n) is 2.19. The fraction of sp³-hybridized carbons (Fsp3) is 0.889. The van der Waals surface area contributed by atoms with Gasteiger partial charge in [-0.15, -0.1) is 0 Å². The fourth-order valence-corrected chi connectivity index (χ4v) is 0.910. The highest BCUT2D eigenvalue weighted by Crippen LogP contribution is 2.00. The average Bonchev–Trinajstić information content (AvgIpc) is 2.11. The number of hydrogen-bond donors (Lipinski definition) is 2. The van der Waals surface area contributed by atoms with Crippen LogP contribution < -0.4 is 11.1 Å². The predicted molar refractivity (Wildman–Crippen MR) is 54.5 cm³/mol. The first-order valence-electron chi connectivity index (χ1n) is 4.74. The molecule has 0 rings (SSSR count). The fourth-order valence-electron chi connectivity index (χ4n) is 0.910. The number of nitrogens with zero attached hydrogens (tertiary/aromatic N) is 1. The predicted octanol–water partition coefficient (Wildman–Crippen LogP) is 0.631. The number of amides is 2.